The van der Waals surface area contributed by atoms with Crippen LogP contribution in [-0.4, -0.2) is 33.7 Å². The third kappa shape index (κ3) is 4.56. The molecule has 2 heterocycles. The van der Waals surface area contributed by atoms with Crippen LogP contribution in [0.25, 0.3) is 0 Å². The molecular weight excluding hydrogens is 657 g/mol. The smallest absolute Gasteiger partial charge is 0.260 e. The van der Waals surface area contributed by atoms with Crippen molar-refractivity contribution in [1.82, 2.24) is 5.01 Å². The van der Waals surface area contributed by atoms with Crippen LogP contribution in [0.2, 0.25) is 5.02 Å². The molecule has 10 heteroatoms. The van der Waals surface area contributed by atoms with Crippen LogP contribution in [0.3, 0.4) is 0 Å². The highest BCUT2D eigenvalue weighted by Gasteiger charge is 2.70. The number of imide groups is 2. The van der Waals surface area contributed by atoms with E-state index in [1.165, 1.54) is 17.0 Å². The number of benzene rings is 4. The Kier molecular flexibility index (Phi) is 7.45. The number of hydrogen-bond donors (Lipinski definition) is 2. The molecule has 2 saturated heterocycles. The summed E-state index contributed by atoms with van der Waals surface area (Å²) in [5, 5.41) is 11.7. The first-order chi connectivity index (χ1) is 24.0. The number of halogens is 2. The lowest BCUT2D eigenvalue weighted by molar-refractivity contribution is -0.138. The predicted molar refractivity (Wildman–Crippen MR) is 186 cm³/mol. The molecule has 4 aromatic carbocycles. The van der Waals surface area contributed by atoms with Crippen LogP contribution in [0.4, 0.5) is 15.8 Å². The molecule has 2 aliphatic heterocycles. The standard InChI is InChI=1S/C40H33ClFN3O5/c1-21-8-12-25(13-9-21)43-45-37(48)30-20-29-27(15-16-28-34(29)38(49)44(36(28)47)26-14-10-22(2)31(41)19-26)35(23-11-17-33(46)32(42)18-23)40(30,39(45)50)24-6-4-3-5-7-24/h3-15,17-19,28-30,34-35,43,46H,16,20H2,1-2H3. The normalized spacial score (nSPS) is 27.2. The number of nitrogens with one attached hydrogen (secondary N) is 1. The monoisotopic (exact) mass is 689 g/mol. The summed E-state index contributed by atoms with van der Waals surface area (Å²) in [7, 11) is 0. The number of carbonyl (C=O) groups is 4. The van der Waals surface area contributed by atoms with E-state index in [9.17, 15) is 19.5 Å². The van der Waals surface area contributed by atoms with Gasteiger partial charge in [-0.25, -0.2) is 9.29 Å². The van der Waals surface area contributed by atoms with Crippen LogP contribution in [0.15, 0.2) is 103 Å². The summed E-state index contributed by atoms with van der Waals surface area (Å²) >= 11 is 6.42. The van der Waals surface area contributed by atoms with Gasteiger partial charge in [-0.3, -0.25) is 24.6 Å². The fourth-order valence-electron chi connectivity index (χ4n) is 8.80. The second-order valence-electron chi connectivity index (χ2n) is 13.7. The van der Waals surface area contributed by atoms with Crippen LogP contribution in [0, 0.1) is 43.3 Å². The van der Waals surface area contributed by atoms with Crippen molar-refractivity contribution in [3.63, 3.8) is 0 Å². The van der Waals surface area contributed by atoms with Crippen molar-refractivity contribution < 1.29 is 28.7 Å². The molecule has 0 spiro atoms. The number of fused-ring (bicyclic) bond motifs is 4. The van der Waals surface area contributed by atoms with Crippen molar-refractivity contribution in [2.24, 2.45) is 23.7 Å². The summed E-state index contributed by atoms with van der Waals surface area (Å²) < 4.78 is 15.3. The number of nitrogens with zero attached hydrogens (tertiary/aromatic N) is 2. The van der Waals surface area contributed by atoms with Crippen molar-refractivity contribution in [2.45, 2.75) is 38.0 Å². The summed E-state index contributed by atoms with van der Waals surface area (Å²) in [5.41, 5.74) is 5.87. The van der Waals surface area contributed by atoms with Gasteiger partial charge in [0.25, 0.3) is 11.8 Å². The number of hydrazine groups is 1. The van der Waals surface area contributed by atoms with Gasteiger partial charge in [-0.1, -0.05) is 83.4 Å². The summed E-state index contributed by atoms with van der Waals surface area (Å²) in [6.45, 7) is 3.77. The van der Waals surface area contributed by atoms with Gasteiger partial charge < -0.3 is 5.11 Å². The second kappa shape index (κ2) is 11.7. The average molecular weight is 690 g/mol. The average Bonchev–Trinajstić information content (AvgIpc) is 3.49. The fraction of sp³-hybridized carbons (Fsp3) is 0.250. The van der Waals surface area contributed by atoms with Gasteiger partial charge in [-0.05, 0) is 85.7 Å². The lowest BCUT2D eigenvalue weighted by Gasteiger charge is -2.50. The Balaban J connectivity index is 1.31. The summed E-state index contributed by atoms with van der Waals surface area (Å²) in [5.74, 6) is -7.17. The van der Waals surface area contributed by atoms with Crippen molar-refractivity contribution in [2.75, 3.05) is 10.3 Å². The van der Waals surface area contributed by atoms with E-state index in [1.54, 1.807) is 60.7 Å². The topological polar surface area (TPSA) is 107 Å². The number of carbonyl (C=O) groups excluding carboxylic acids is 4. The Morgan fingerprint density at radius 1 is 0.860 bits per heavy atom. The highest BCUT2D eigenvalue weighted by Crippen LogP contribution is 2.64. The molecule has 1 saturated carbocycles. The number of anilines is 2. The maximum atomic E-state index is 15.3. The summed E-state index contributed by atoms with van der Waals surface area (Å²) in [4.78, 5) is 59.4. The molecule has 8 nitrogen and oxygen atoms in total. The molecule has 6 unspecified atom stereocenters. The minimum absolute atomic E-state index is 0.108. The van der Waals surface area contributed by atoms with Gasteiger partial charge >= 0.3 is 0 Å². The molecule has 0 radical (unpaired) electrons. The largest absolute Gasteiger partial charge is 0.505 e. The van der Waals surface area contributed by atoms with Gasteiger partial charge in [0.2, 0.25) is 11.8 Å². The van der Waals surface area contributed by atoms with E-state index in [1.807, 2.05) is 38.1 Å². The van der Waals surface area contributed by atoms with Crippen molar-refractivity contribution >= 4 is 46.6 Å². The maximum Gasteiger partial charge on any atom is 0.260 e. The molecule has 3 fully saturated rings. The van der Waals surface area contributed by atoms with Crippen LogP contribution in [0.1, 0.15) is 41.0 Å². The first kappa shape index (κ1) is 32.0. The van der Waals surface area contributed by atoms with Gasteiger partial charge in [0.05, 0.1) is 34.5 Å². The van der Waals surface area contributed by atoms with Gasteiger partial charge in [0, 0.05) is 10.9 Å². The zero-order valence-electron chi connectivity index (χ0n) is 27.3. The zero-order chi connectivity index (χ0) is 35.1. The SMILES string of the molecule is Cc1ccc(NN2C(=O)C3CC4C(=CCC5C(=O)N(c6ccc(C)c(Cl)c6)C(=O)C54)C(c4ccc(O)c(F)c4)C3(c3ccccc3)C2=O)cc1. The first-order valence-electron chi connectivity index (χ1n) is 16.6. The van der Waals surface area contributed by atoms with Crippen LogP contribution < -0.4 is 10.3 Å². The second-order valence-corrected chi connectivity index (χ2v) is 14.2. The molecule has 252 valence electrons. The minimum atomic E-state index is -1.54. The molecular formula is C40H33ClFN3O5. The van der Waals surface area contributed by atoms with Gasteiger partial charge in [0.15, 0.2) is 11.6 Å². The highest BCUT2D eigenvalue weighted by atomic mass is 35.5. The summed E-state index contributed by atoms with van der Waals surface area (Å²) in [6, 6.07) is 25.4. The highest BCUT2D eigenvalue weighted by molar-refractivity contribution is 6.32. The van der Waals surface area contributed by atoms with Gasteiger partial charge in [-0.15, -0.1) is 0 Å². The van der Waals surface area contributed by atoms with E-state index < -0.39 is 64.3 Å². The summed E-state index contributed by atoms with van der Waals surface area (Å²) in [6.07, 6.45) is 2.24. The lowest BCUT2D eigenvalue weighted by Crippen LogP contribution is -2.53. The third-order valence-electron chi connectivity index (χ3n) is 11.1. The van der Waals surface area contributed by atoms with Crippen LogP contribution in [-0.2, 0) is 24.6 Å². The Bertz CT molecular complexity index is 2140. The molecule has 4 aromatic rings. The molecule has 50 heavy (non-hydrogen) atoms. The molecule has 2 N–H and O–H groups in total. The molecule has 0 aromatic heterocycles. The van der Waals surface area contributed by atoms with E-state index in [0.717, 1.165) is 16.1 Å². The molecule has 4 amide bonds. The van der Waals surface area contributed by atoms with Gasteiger partial charge in [0.1, 0.15) is 0 Å². The van der Waals surface area contributed by atoms with E-state index >= 15 is 9.18 Å². The predicted octanol–water partition coefficient (Wildman–Crippen LogP) is 6.99. The molecule has 6 atom stereocenters. The van der Waals surface area contributed by atoms with E-state index in [-0.39, 0.29) is 18.7 Å². The number of allylic oxidation sites excluding steroid dienone is 2. The molecule has 8 rings (SSSR count). The molecule has 4 aliphatic rings. The molecule has 0 bridgehead atoms. The number of phenols is 1. The zero-order valence-corrected chi connectivity index (χ0v) is 28.0. The van der Waals surface area contributed by atoms with Crippen molar-refractivity contribution in [1.29, 1.82) is 0 Å². The van der Waals surface area contributed by atoms with Gasteiger partial charge in [-0.2, -0.15) is 5.01 Å². The molecule has 2 aliphatic carbocycles. The number of phenolic OH excluding ortho intramolecular Hbond substituents is 1. The Morgan fingerprint density at radius 2 is 1.60 bits per heavy atom. The van der Waals surface area contributed by atoms with Crippen molar-refractivity contribution in [3.05, 3.63) is 136 Å². The number of hydrogen-bond acceptors (Lipinski definition) is 6. The number of aromatic hydroxyl groups is 1. The minimum Gasteiger partial charge on any atom is -0.505 e. The maximum absolute atomic E-state index is 15.3. The van der Waals surface area contributed by atoms with E-state index in [4.69, 9.17) is 11.6 Å². The van der Waals surface area contributed by atoms with E-state index in [0.29, 0.717) is 33.1 Å². The van der Waals surface area contributed by atoms with Crippen LogP contribution in [0.5, 0.6) is 5.75 Å². The Hall–Kier alpha value is -5.28. The lowest BCUT2D eigenvalue weighted by atomic mass is 9.49. The number of rotatable bonds is 5. The van der Waals surface area contributed by atoms with E-state index in [2.05, 4.69) is 5.43 Å². The number of amides is 4. The number of aryl methyl sites for hydroxylation is 2. The van der Waals surface area contributed by atoms with Crippen LogP contribution >= 0.6 is 11.6 Å². The first-order valence-corrected chi connectivity index (χ1v) is 17.0. The van der Waals surface area contributed by atoms with Crippen molar-refractivity contribution in [3.8, 4) is 5.75 Å². The Labute approximate surface area is 293 Å². The third-order valence-corrected chi connectivity index (χ3v) is 11.5. The Morgan fingerprint density at radius 3 is 2.30 bits per heavy atom. The fourth-order valence-corrected chi connectivity index (χ4v) is 8.97. The quantitative estimate of drug-likeness (QED) is 0.173.